The highest BCUT2D eigenvalue weighted by atomic mass is 16.5. The van der Waals surface area contributed by atoms with E-state index in [1.54, 1.807) is 43.1 Å². The Kier molecular flexibility index (Phi) is 9.53. The van der Waals surface area contributed by atoms with E-state index in [1.807, 2.05) is 18.2 Å². The van der Waals surface area contributed by atoms with Crippen LogP contribution in [0.4, 0.5) is 0 Å². The predicted molar refractivity (Wildman–Crippen MR) is 146 cm³/mol. The van der Waals surface area contributed by atoms with Gasteiger partial charge in [-0.3, -0.25) is 9.59 Å². The lowest BCUT2D eigenvalue weighted by Gasteiger charge is -2.15. The lowest BCUT2D eigenvalue weighted by molar-refractivity contribution is 0.0814. The molecule has 2 aromatic heterocycles. The maximum Gasteiger partial charge on any atom is 0.255 e. The first-order valence-corrected chi connectivity index (χ1v) is 11.7. The minimum Gasteiger partial charge on any atom is -0.497 e. The zero-order chi connectivity index (χ0) is 27.8. The smallest absolute Gasteiger partial charge is 0.255 e. The van der Waals surface area contributed by atoms with E-state index in [9.17, 15) is 14.7 Å². The fraction of sp³-hybridized carbons (Fsp3) is 0.286. The molecule has 4 aromatic rings. The molecule has 0 saturated carbocycles. The number of fused-ring (bicyclic) bond motifs is 2. The van der Waals surface area contributed by atoms with Crippen molar-refractivity contribution in [2.45, 2.75) is 19.2 Å². The molecule has 0 radical (unpaired) electrons. The van der Waals surface area contributed by atoms with E-state index in [0.717, 1.165) is 16.3 Å². The molecule has 0 fully saturated rings. The summed E-state index contributed by atoms with van der Waals surface area (Å²) in [6, 6.07) is 13.6. The number of ether oxygens (including phenoxy) is 4. The van der Waals surface area contributed by atoms with Crippen LogP contribution in [0, 0.1) is 0 Å². The first-order valence-electron chi connectivity index (χ1n) is 11.7. The molecule has 1 atom stereocenters. The summed E-state index contributed by atoms with van der Waals surface area (Å²) in [5.74, 6) is 2.32. The highest BCUT2D eigenvalue weighted by molar-refractivity contribution is 5.87. The van der Waals surface area contributed by atoms with Crippen LogP contribution in [-0.2, 0) is 13.1 Å². The van der Waals surface area contributed by atoms with Gasteiger partial charge in [0.15, 0.2) is 0 Å². The van der Waals surface area contributed by atoms with Gasteiger partial charge < -0.3 is 38.3 Å². The lowest BCUT2D eigenvalue weighted by Crippen LogP contribution is -2.28. The number of nitrogens with zero attached hydrogens (tertiary/aromatic N) is 2. The quantitative estimate of drug-likeness (QED) is 0.321. The van der Waals surface area contributed by atoms with Crippen molar-refractivity contribution in [3.05, 3.63) is 81.9 Å². The number of hydrogen-bond acceptors (Lipinski definition) is 8. The number of pyridine rings is 2. The Morgan fingerprint density at radius 1 is 0.789 bits per heavy atom. The molecule has 10 nitrogen and oxygen atoms in total. The molecule has 2 N–H and O–H groups in total. The van der Waals surface area contributed by atoms with Gasteiger partial charge in [-0.05, 0) is 24.3 Å². The van der Waals surface area contributed by atoms with Crippen molar-refractivity contribution >= 4 is 21.8 Å². The number of aromatic nitrogens is 2. The molecule has 0 amide bonds. The lowest BCUT2D eigenvalue weighted by atomic mass is 10.1. The van der Waals surface area contributed by atoms with E-state index in [0.29, 0.717) is 35.1 Å². The van der Waals surface area contributed by atoms with Crippen LogP contribution in [0.2, 0.25) is 0 Å². The number of benzene rings is 2. The standard InChI is InChI=1S/C14H17NO5.C14H15NO3/c1-19-10-3-4-11-12(5-10)15(7-9(17)8-16)14(18)6-13(11)20-2;1-4-7-15-12-8-10(17-2)5-6-11(12)13(18-3)9-14(15)16/h3-6,9,16-17H,7-8H2,1-2H3;4-6,8-9H,1,7H2,2-3H3. The van der Waals surface area contributed by atoms with Crippen molar-refractivity contribution in [3.8, 4) is 23.0 Å². The molecule has 38 heavy (non-hydrogen) atoms. The monoisotopic (exact) mass is 524 g/mol. The van der Waals surface area contributed by atoms with Gasteiger partial charge >= 0.3 is 0 Å². The Morgan fingerprint density at radius 2 is 1.26 bits per heavy atom. The first-order chi connectivity index (χ1) is 18.3. The summed E-state index contributed by atoms with van der Waals surface area (Å²) in [6.45, 7) is 3.71. The Bertz CT molecular complexity index is 1540. The van der Waals surface area contributed by atoms with E-state index in [1.165, 1.54) is 30.9 Å². The van der Waals surface area contributed by atoms with E-state index >= 15 is 0 Å². The Morgan fingerprint density at radius 3 is 1.68 bits per heavy atom. The second kappa shape index (κ2) is 12.8. The van der Waals surface area contributed by atoms with Gasteiger partial charge in [-0.1, -0.05) is 6.08 Å². The van der Waals surface area contributed by atoms with Gasteiger partial charge in [0.05, 0.1) is 58.7 Å². The summed E-state index contributed by atoms with van der Waals surface area (Å²) in [5.41, 5.74) is 0.933. The summed E-state index contributed by atoms with van der Waals surface area (Å²) < 4.78 is 23.8. The third-order valence-electron chi connectivity index (χ3n) is 5.92. The minimum absolute atomic E-state index is 0.00297. The van der Waals surface area contributed by atoms with Crippen molar-refractivity contribution in [1.82, 2.24) is 9.13 Å². The molecule has 0 aliphatic heterocycles. The van der Waals surface area contributed by atoms with Gasteiger partial charge in [-0.2, -0.15) is 0 Å². The van der Waals surface area contributed by atoms with Gasteiger partial charge in [0.25, 0.3) is 11.1 Å². The van der Waals surface area contributed by atoms with Crippen LogP contribution in [0.25, 0.3) is 21.8 Å². The number of allylic oxidation sites excluding steroid dienone is 1. The second-order valence-corrected chi connectivity index (χ2v) is 8.21. The van der Waals surface area contributed by atoms with Crippen LogP contribution in [-0.4, -0.2) is 60.5 Å². The highest BCUT2D eigenvalue weighted by Gasteiger charge is 2.13. The summed E-state index contributed by atoms with van der Waals surface area (Å²) in [4.78, 5) is 24.1. The predicted octanol–water partition coefficient (Wildman–Crippen LogP) is 2.58. The van der Waals surface area contributed by atoms with Gasteiger partial charge in [0, 0.05) is 41.6 Å². The SMILES string of the molecule is C=CCn1c(=O)cc(OC)c2ccc(OC)cc21.COc1ccc2c(OC)cc(=O)n(CC(O)CO)c2c1. The van der Waals surface area contributed by atoms with Crippen LogP contribution >= 0.6 is 0 Å². The van der Waals surface area contributed by atoms with Crippen molar-refractivity contribution in [2.75, 3.05) is 35.0 Å². The highest BCUT2D eigenvalue weighted by Crippen LogP contribution is 2.28. The normalized spacial score (nSPS) is 11.4. The number of aliphatic hydroxyl groups excluding tert-OH is 2. The molecule has 2 aromatic carbocycles. The molecule has 0 saturated heterocycles. The summed E-state index contributed by atoms with van der Waals surface area (Å²) in [7, 11) is 6.17. The number of hydrogen-bond donors (Lipinski definition) is 2. The van der Waals surface area contributed by atoms with E-state index in [4.69, 9.17) is 24.1 Å². The van der Waals surface area contributed by atoms with Crippen LogP contribution in [0.3, 0.4) is 0 Å². The summed E-state index contributed by atoms with van der Waals surface area (Å²) in [5, 5.41) is 20.1. The zero-order valence-corrected chi connectivity index (χ0v) is 21.8. The van der Waals surface area contributed by atoms with Crippen LogP contribution in [0.1, 0.15) is 0 Å². The van der Waals surface area contributed by atoms with Crippen molar-refractivity contribution in [3.63, 3.8) is 0 Å². The molecular formula is C28H32N2O8. The number of rotatable bonds is 9. The second-order valence-electron chi connectivity index (χ2n) is 8.21. The molecule has 2 heterocycles. The molecule has 4 rings (SSSR count). The Balaban J connectivity index is 0.000000212. The van der Waals surface area contributed by atoms with Crippen LogP contribution in [0.15, 0.2) is 70.8 Å². The molecular weight excluding hydrogens is 492 g/mol. The summed E-state index contributed by atoms with van der Waals surface area (Å²) in [6.07, 6.45) is 0.683. The fourth-order valence-electron chi connectivity index (χ4n) is 4.03. The van der Waals surface area contributed by atoms with Gasteiger partial charge in [0.1, 0.15) is 23.0 Å². The summed E-state index contributed by atoms with van der Waals surface area (Å²) >= 11 is 0. The number of aliphatic hydroxyl groups is 2. The van der Waals surface area contributed by atoms with Crippen molar-refractivity contribution < 1.29 is 29.2 Å². The maximum absolute atomic E-state index is 12.1. The zero-order valence-electron chi connectivity index (χ0n) is 21.8. The van der Waals surface area contributed by atoms with Gasteiger partial charge in [0.2, 0.25) is 0 Å². The molecule has 1 unspecified atom stereocenters. The molecule has 0 aliphatic rings. The molecule has 0 aliphatic carbocycles. The van der Waals surface area contributed by atoms with Gasteiger partial charge in [-0.25, -0.2) is 0 Å². The molecule has 0 spiro atoms. The van der Waals surface area contributed by atoms with E-state index in [-0.39, 0.29) is 17.7 Å². The average Bonchev–Trinajstić information content (AvgIpc) is 2.95. The van der Waals surface area contributed by atoms with Crippen molar-refractivity contribution in [2.24, 2.45) is 0 Å². The maximum atomic E-state index is 12.1. The fourth-order valence-corrected chi connectivity index (χ4v) is 4.03. The molecule has 0 bridgehead atoms. The molecule has 202 valence electrons. The topological polar surface area (TPSA) is 121 Å². The largest absolute Gasteiger partial charge is 0.497 e. The Hall–Kier alpha value is -4.28. The average molecular weight is 525 g/mol. The number of methoxy groups -OCH3 is 4. The van der Waals surface area contributed by atoms with Gasteiger partial charge in [-0.15, -0.1) is 6.58 Å². The van der Waals surface area contributed by atoms with Crippen molar-refractivity contribution in [1.29, 1.82) is 0 Å². The van der Waals surface area contributed by atoms with E-state index in [2.05, 4.69) is 6.58 Å². The third-order valence-corrected chi connectivity index (χ3v) is 5.92. The Labute approximate surface area is 219 Å². The first kappa shape index (κ1) is 28.3. The van der Waals surface area contributed by atoms with E-state index < -0.39 is 12.7 Å². The third kappa shape index (κ3) is 5.99. The van der Waals surface area contributed by atoms with Crippen LogP contribution < -0.4 is 30.1 Å². The molecule has 10 heteroatoms. The minimum atomic E-state index is -1.00. The van der Waals surface area contributed by atoms with Crippen LogP contribution in [0.5, 0.6) is 23.0 Å².